The molecule has 0 amide bonds. The van der Waals surface area contributed by atoms with Crippen LogP contribution in [0.1, 0.15) is 24.3 Å². The molecule has 1 N–H and O–H groups in total. The molecule has 0 saturated carbocycles. The summed E-state index contributed by atoms with van der Waals surface area (Å²) >= 11 is 0. The molecule has 17 heavy (non-hydrogen) atoms. The van der Waals surface area contributed by atoms with Crippen LogP contribution >= 0.6 is 0 Å². The normalized spacial score (nSPS) is 9.88. The number of oxazole rings is 1. The molecule has 86 valence electrons. The summed E-state index contributed by atoms with van der Waals surface area (Å²) in [5, 5.41) is 11.6. The van der Waals surface area contributed by atoms with Gasteiger partial charge in [0, 0.05) is 12.6 Å². The number of rotatable bonds is 4. The molecule has 6 nitrogen and oxygen atoms in total. The van der Waals surface area contributed by atoms with E-state index in [0.29, 0.717) is 24.1 Å². The van der Waals surface area contributed by atoms with E-state index in [1.807, 2.05) is 13.0 Å². The van der Waals surface area contributed by atoms with Gasteiger partial charge in [-0.2, -0.15) is 5.26 Å². The summed E-state index contributed by atoms with van der Waals surface area (Å²) in [6, 6.07) is 3.50. The molecule has 0 fully saturated rings. The maximum absolute atomic E-state index is 8.68. The number of aromatic nitrogens is 3. The van der Waals surface area contributed by atoms with E-state index in [0.717, 1.165) is 12.2 Å². The second kappa shape index (κ2) is 5.07. The Hall–Kier alpha value is -2.42. The first-order chi connectivity index (χ1) is 8.31. The molecular formula is C11H11N5O. The average Bonchev–Trinajstić information content (AvgIpc) is 2.84. The predicted molar refractivity (Wildman–Crippen MR) is 60.0 cm³/mol. The van der Waals surface area contributed by atoms with Crippen molar-refractivity contribution >= 4 is 5.95 Å². The summed E-state index contributed by atoms with van der Waals surface area (Å²) in [5.74, 6) is 1.81. The predicted octanol–water partition coefficient (Wildman–Crippen LogP) is 1.51. The van der Waals surface area contributed by atoms with Gasteiger partial charge in [-0.15, -0.1) is 0 Å². The van der Waals surface area contributed by atoms with Crippen molar-refractivity contribution in [2.24, 2.45) is 0 Å². The van der Waals surface area contributed by atoms with Crippen LogP contribution in [0.3, 0.4) is 0 Å². The summed E-state index contributed by atoms with van der Waals surface area (Å²) in [6.07, 6.45) is 4.04. The van der Waals surface area contributed by atoms with Gasteiger partial charge in [0.15, 0.2) is 0 Å². The Morgan fingerprint density at radius 2 is 2.35 bits per heavy atom. The zero-order chi connectivity index (χ0) is 12.1. The van der Waals surface area contributed by atoms with Crippen LogP contribution < -0.4 is 5.32 Å². The lowest BCUT2D eigenvalue weighted by Crippen LogP contribution is -2.04. The minimum absolute atomic E-state index is 0.323. The van der Waals surface area contributed by atoms with Crippen molar-refractivity contribution < 1.29 is 4.42 Å². The highest BCUT2D eigenvalue weighted by atomic mass is 16.4. The Bertz CT molecular complexity index is 543. The Labute approximate surface area is 98.3 Å². The van der Waals surface area contributed by atoms with Crippen molar-refractivity contribution in [2.75, 3.05) is 5.32 Å². The average molecular weight is 229 g/mol. The van der Waals surface area contributed by atoms with Crippen molar-refractivity contribution in [3.05, 3.63) is 35.8 Å². The van der Waals surface area contributed by atoms with Gasteiger partial charge in [-0.1, -0.05) is 6.92 Å². The van der Waals surface area contributed by atoms with Gasteiger partial charge in [-0.3, -0.25) is 0 Å². The van der Waals surface area contributed by atoms with Crippen LogP contribution in [-0.2, 0) is 13.0 Å². The smallest absolute Gasteiger partial charge is 0.224 e. The van der Waals surface area contributed by atoms with E-state index in [-0.39, 0.29) is 0 Å². The van der Waals surface area contributed by atoms with E-state index in [1.165, 1.54) is 6.20 Å². The molecule has 2 heterocycles. The summed E-state index contributed by atoms with van der Waals surface area (Å²) in [6.45, 7) is 2.39. The van der Waals surface area contributed by atoms with Crippen molar-refractivity contribution in [3.63, 3.8) is 0 Å². The van der Waals surface area contributed by atoms with Gasteiger partial charge in [-0.25, -0.2) is 15.0 Å². The Morgan fingerprint density at radius 3 is 3.06 bits per heavy atom. The Kier molecular flexibility index (Phi) is 3.31. The maximum Gasteiger partial charge on any atom is 0.224 e. The molecule has 0 unspecified atom stereocenters. The Morgan fingerprint density at radius 1 is 1.47 bits per heavy atom. The second-order valence-corrected chi connectivity index (χ2v) is 3.30. The van der Waals surface area contributed by atoms with E-state index in [9.17, 15) is 0 Å². The van der Waals surface area contributed by atoms with E-state index in [4.69, 9.17) is 9.68 Å². The lowest BCUT2D eigenvalue weighted by molar-refractivity contribution is 0.465. The molecule has 0 atom stereocenters. The van der Waals surface area contributed by atoms with Crippen LogP contribution in [0.25, 0.3) is 0 Å². The molecule has 0 aliphatic carbocycles. The molecule has 0 aliphatic heterocycles. The summed E-state index contributed by atoms with van der Waals surface area (Å²) in [4.78, 5) is 12.1. The maximum atomic E-state index is 8.68. The molecule has 0 spiro atoms. The third-order valence-electron chi connectivity index (χ3n) is 2.12. The quantitative estimate of drug-likeness (QED) is 0.854. The molecule has 2 aromatic heterocycles. The van der Waals surface area contributed by atoms with Crippen LogP contribution in [0.2, 0.25) is 0 Å². The zero-order valence-corrected chi connectivity index (χ0v) is 9.34. The molecule has 0 aliphatic rings. The first-order valence-corrected chi connectivity index (χ1v) is 5.22. The van der Waals surface area contributed by atoms with Crippen molar-refractivity contribution in [3.8, 4) is 6.07 Å². The van der Waals surface area contributed by atoms with Crippen molar-refractivity contribution in [1.29, 1.82) is 5.26 Å². The SMILES string of the molecule is CCc1cnc(CNc2nccc(C#N)n2)o1. The first kappa shape index (κ1) is 11.1. The van der Waals surface area contributed by atoms with Crippen LogP contribution in [0.5, 0.6) is 0 Å². The third-order valence-corrected chi connectivity index (χ3v) is 2.12. The lowest BCUT2D eigenvalue weighted by Gasteiger charge is -2.00. The number of nitrogens with one attached hydrogen (secondary N) is 1. The van der Waals surface area contributed by atoms with E-state index in [1.54, 1.807) is 12.3 Å². The van der Waals surface area contributed by atoms with Crippen LogP contribution in [-0.4, -0.2) is 15.0 Å². The standard InChI is InChI=1S/C11H11N5O/c1-2-9-6-14-10(17-9)7-15-11-13-4-3-8(5-12)16-11/h3-4,6H,2,7H2,1H3,(H,13,15,16). The first-order valence-electron chi connectivity index (χ1n) is 5.22. The largest absolute Gasteiger partial charge is 0.444 e. The topological polar surface area (TPSA) is 87.6 Å². The number of nitriles is 1. The molecule has 2 rings (SSSR count). The van der Waals surface area contributed by atoms with Gasteiger partial charge in [0.1, 0.15) is 17.5 Å². The van der Waals surface area contributed by atoms with E-state index < -0.39 is 0 Å². The summed E-state index contributed by atoms with van der Waals surface area (Å²) in [5.41, 5.74) is 0.323. The number of nitrogens with zero attached hydrogens (tertiary/aromatic N) is 4. The fourth-order valence-corrected chi connectivity index (χ4v) is 1.25. The molecule has 0 radical (unpaired) electrons. The van der Waals surface area contributed by atoms with Crippen LogP contribution in [0.15, 0.2) is 22.9 Å². The lowest BCUT2D eigenvalue weighted by atomic mass is 10.4. The van der Waals surface area contributed by atoms with Gasteiger partial charge in [0.25, 0.3) is 0 Å². The molecule has 0 bridgehead atoms. The molecule has 0 aromatic carbocycles. The van der Waals surface area contributed by atoms with Gasteiger partial charge in [-0.05, 0) is 6.07 Å². The number of hydrogen-bond donors (Lipinski definition) is 1. The van der Waals surface area contributed by atoms with Crippen LogP contribution in [0, 0.1) is 11.3 Å². The van der Waals surface area contributed by atoms with Crippen LogP contribution in [0.4, 0.5) is 5.95 Å². The van der Waals surface area contributed by atoms with Gasteiger partial charge in [0.05, 0.1) is 12.7 Å². The molecule has 2 aromatic rings. The fourth-order valence-electron chi connectivity index (χ4n) is 1.25. The molecule has 0 saturated heterocycles. The minimum atomic E-state index is 0.323. The monoisotopic (exact) mass is 229 g/mol. The van der Waals surface area contributed by atoms with Crippen molar-refractivity contribution in [2.45, 2.75) is 19.9 Å². The number of hydrogen-bond acceptors (Lipinski definition) is 6. The highest BCUT2D eigenvalue weighted by molar-refractivity contribution is 5.29. The second-order valence-electron chi connectivity index (χ2n) is 3.30. The molecular weight excluding hydrogens is 218 g/mol. The highest BCUT2D eigenvalue weighted by Crippen LogP contribution is 2.06. The third kappa shape index (κ3) is 2.78. The minimum Gasteiger partial charge on any atom is -0.444 e. The van der Waals surface area contributed by atoms with Gasteiger partial charge < -0.3 is 9.73 Å². The number of anilines is 1. The van der Waals surface area contributed by atoms with E-state index >= 15 is 0 Å². The van der Waals surface area contributed by atoms with Crippen molar-refractivity contribution in [1.82, 2.24) is 15.0 Å². The van der Waals surface area contributed by atoms with E-state index in [2.05, 4.69) is 20.3 Å². The Balaban J connectivity index is 1.99. The fraction of sp³-hybridized carbons (Fsp3) is 0.273. The van der Waals surface area contributed by atoms with Gasteiger partial charge >= 0.3 is 0 Å². The van der Waals surface area contributed by atoms with Gasteiger partial charge in [0.2, 0.25) is 11.8 Å². The molecule has 6 heteroatoms. The summed E-state index contributed by atoms with van der Waals surface area (Å²) < 4.78 is 5.42. The summed E-state index contributed by atoms with van der Waals surface area (Å²) in [7, 11) is 0. The zero-order valence-electron chi connectivity index (χ0n) is 9.34. The highest BCUT2D eigenvalue weighted by Gasteiger charge is 2.03. The number of aryl methyl sites for hydroxylation is 1.